The van der Waals surface area contributed by atoms with Gasteiger partial charge in [0.15, 0.2) is 18.2 Å². The Balaban J connectivity index is 0.00000102. The van der Waals surface area contributed by atoms with E-state index in [1.165, 1.54) is 7.11 Å². The zero-order valence-electron chi connectivity index (χ0n) is 28.6. The van der Waals surface area contributed by atoms with E-state index in [0.29, 0.717) is 0 Å². The minimum atomic E-state index is -1.50. The largest absolute Gasteiger partial charge is 0.467 e. The van der Waals surface area contributed by atoms with Gasteiger partial charge in [0, 0.05) is 0 Å². The molecule has 1 aliphatic rings. The van der Waals surface area contributed by atoms with Crippen molar-refractivity contribution in [2.24, 2.45) is 0 Å². The number of methoxy groups -OCH3 is 1. The summed E-state index contributed by atoms with van der Waals surface area (Å²) in [5, 5.41) is 39.3. The lowest BCUT2D eigenvalue weighted by atomic mass is 10.1. The van der Waals surface area contributed by atoms with Gasteiger partial charge in [0.05, 0.1) is 53.4 Å². The summed E-state index contributed by atoms with van der Waals surface area (Å²) < 4.78 is 37.5. The Bertz CT molecular complexity index is 1190. The number of alkyl carbamates (subject to hydrolysis) is 1. The van der Waals surface area contributed by atoms with E-state index in [0.717, 1.165) is 22.3 Å². The SMILES string of the molecule is C=C(C)COC[C@@H](O)[C@H](OCC(=C)C)[C@H](COC[C@H](NC(=O)OCc1ccccc1)C(=O)OC)OCC(=C)C.O=C1O[C@H](CO)[C@H](O)[C@H]1O. The summed E-state index contributed by atoms with van der Waals surface area (Å²) in [6.45, 7) is 16.7. The summed E-state index contributed by atoms with van der Waals surface area (Å²) >= 11 is 0. The van der Waals surface area contributed by atoms with Crippen LogP contribution >= 0.6 is 0 Å². The van der Waals surface area contributed by atoms with E-state index in [1.807, 2.05) is 37.3 Å². The van der Waals surface area contributed by atoms with Gasteiger partial charge in [-0.25, -0.2) is 14.4 Å². The topological polar surface area (TPSA) is 209 Å². The summed E-state index contributed by atoms with van der Waals surface area (Å²) in [5.74, 6) is -1.60. The third-order valence-corrected chi connectivity index (χ3v) is 6.40. The van der Waals surface area contributed by atoms with Gasteiger partial charge < -0.3 is 58.9 Å². The van der Waals surface area contributed by atoms with Crippen LogP contribution < -0.4 is 5.32 Å². The molecule has 5 N–H and O–H groups in total. The molecule has 1 aromatic rings. The van der Waals surface area contributed by atoms with Crippen LogP contribution in [0.5, 0.6) is 0 Å². The Hall–Kier alpha value is -3.67. The van der Waals surface area contributed by atoms with E-state index in [-0.39, 0.29) is 46.2 Å². The minimum Gasteiger partial charge on any atom is -0.467 e. The van der Waals surface area contributed by atoms with E-state index in [2.05, 4.69) is 29.8 Å². The maximum atomic E-state index is 12.3. The molecule has 1 saturated heterocycles. The van der Waals surface area contributed by atoms with Crippen LogP contribution in [-0.4, -0.2) is 134 Å². The van der Waals surface area contributed by atoms with Crippen LogP contribution in [-0.2, 0) is 49.4 Å². The molecule has 15 heteroatoms. The number of hydrogen-bond acceptors (Lipinski definition) is 14. The first-order valence-electron chi connectivity index (χ1n) is 15.4. The fourth-order valence-electron chi connectivity index (χ4n) is 3.94. The number of aliphatic hydroxyl groups is 4. The lowest BCUT2D eigenvalue weighted by molar-refractivity contribution is -0.153. The maximum absolute atomic E-state index is 12.3. The second-order valence-electron chi connectivity index (χ2n) is 11.5. The number of carbonyl (C=O) groups is 3. The highest BCUT2D eigenvalue weighted by Crippen LogP contribution is 2.16. The number of hydrogen-bond donors (Lipinski definition) is 5. The lowest BCUT2D eigenvalue weighted by Gasteiger charge is -2.31. The zero-order chi connectivity index (χ0) is 36.9. The smallest absolute Gasteiger partial charge is 0.408 e. The molecule has 7 atom stereocenters. The third-order valence-electron chi connectivity index (χ3n) is 6.40. The van der Waals surface area contributed by atoms with E-state index in [9.17, 15) is 19.5 Å². The molecule has 1 aromatic carbocycles. The second-order valence-corrected chi connectivity index (χ2v) is 11.5. The monoisotopic (exact) mass is 697 g/mol. The average Bonchev–Trinajstić information content (AvgIpc) is 3.31. The van der Waals surface area contributed by atoms with Crippen LogP contribution in [0.25, 0.3) is 0 Å². The lowest BCUT2D eigenvalue weighted by Crippen LogP contribution is -2.48. The number of carbonyl (C=O) groups excluding carboxylic acids is 3. The number of cyclic esters (lactones) is 1. The highest BCUT2D eigenvalue weighted by molar-refractivity contribution is 5.81. The molecule has 0 aromatic heterocycles. The van der Waals surface area contributed by atoms with Crippen LogP contribution in [0.15, 0.2) is 66.8 Å². The van der Waals surface area contributed by atoms with E-state index < -0.39 is 67.3 Å². The highest BCUT2D eigenvalue weighted by atomic mass is 16.6. The fraction of sp³-hybridized carbons (Fsp3) is 0.559. The number of aliphatic hydroxyl groups excluding tert-OH is 4. The normalized spacial score (nSPS) is 19.3. The van der Waals surface area contributed by atoms with Crippen molar-refractivity contribution in [1.82, 2.24) is 5.32 Å². The van der Waals surface area contributed by atoms with E-state index in [4.69, 9.17) is 43.7 Å². The quantitative estimate of drug-likeness (QED) is 0.0689. The molecule has 2 rings (SSSR count). The van der Waals surface area contributed by atoms with Crippen molar-refractivity contribution >= 4 is 18.0 Å². The van der Waals surface area contributed by atoms with Crippen LogP contribution in [0.4, 0.5) is 4.79 Å². The van der Waals surface area contributed by atoms with Gasteiger partial charge in [-0.15, -0.1) is 0 Å². The Morgan fingerprint density at radius 3 is 2.04 bits per heavy atom. The van der Waals surface area contributed by atoms with Crippen LogP contribution in [0, 0.1) is 0 Å². The van der Waals surface area contributed by atoms with Gasteiger partial charge in [-0.05, 0) is 26.3 Å². The molecular formula is C34H51NO14. The van der Waals surface area contributed by atoms with Gasteiger partial charge in [0.2, 0.25) is 0 Å². The predicted octanol–water partition coefficient (Wildman–Crippen LogP) is 0.973. The van der Waals surface area contributed by atoms with Crippen LogP contribution in [0.1, 0.15) is 26.3 Å². The van der Waals surface area contributed by atoms with Crippen molar-refractivity contribution in [2.45, 2.75) is 70.0 Å². The molecule has 0 spiro atoms. The molecule has 0 radical (unpaired) electrons. The number of benzene rings is 1. The van der Waals surface area contributed by atoms with Crippen molar-refractivity contribution in [3.8, 4) is 0 Å². The number of amides is 1. The summed E-state index contributed by atoms with van der Waals surface area (Å²) in [7, 11) is 1.20. The van der Waals surface area contributed by atoms with Crippen LogP contribution in [0.2, 0.25) is 0 Å². The van der Waals surface area contributed by atoms with Gasteiger partial charge in [-0.2, -0.15) is 0 Å². The number of rotatable bonds is 21. The zero-order valence-corrected chi connectivity index (χ0v) is 28.6. The average molecular weight is 698 g/mol. The molecule has 15 nitrogen and oxygen atoms in total. The molecule has 1 fully saturated rings. The van der Waals surface area contributed by atoms with Crippen LogP contribution in [0.3, 0.4) is 0 Å². The molecule has 1 amide bonds. The molecule has 1 heterocycles. The molecule has 0 bridgehead atoms. The van der Waals surface area contributed by atoms with Crippen molar-refractivity contribution in [1.29, 1.82) is 0 Å². The highest BCUT2D eigenvalue weighted by Gasteiger charge is 2.42. The van der Waals surface area contributed by atoms with Gasteiger partial charge in [0.1, 0.15) is 31.0 Å². The number of esters is 2. The Morgan fingerprint density at radius 2 is 1.53 bits per heavy atom. The minimum absolute atomic E-state index is 0.0275. The van der Waals surface area contributed by atoms with Crippen molar-refractivity contribution in [3.63, 3.8) is 0 Å². The summed E-state index contributed by atoms with van der Waals surface area (Å²) in [5.41, 5.74) is 3.10. The number of nitrogens with one attached hydrogen (secondary N) is 1. The first-order chi connectivity index (χ1) is 23.2. The van der Waals surface area contributed by atoms with E-state index in [1.54, 1.807) is 13.8 Å². The van der Waals surface area contributed by atoms with Crippen molar-refractivity contribution < 1.29 is 68.0 Å². The summed E-state index contributed by atoms with van der Waals surface area (Å²) in [6, 6.07) is 7.98. The first-order valence-corrected chi connectivity index (χ1v) is 15.4. The van der Waals surface area contributed by atoms with Gasteiger partial charge in [-0.3, -0.25) is 0 Å². The molecular weight excluding hydrogens is 646 g/mol. The van der Waals surface area contributed by atoms with E-state index >= 15 is 0 Å². The second kappa shape index (κ2) is 23.6. The summed E-state index contributed by atoms with van der Waals surface area (Å²) in [4.78, 5) is 35.0. The molecule has 1 aliphatic heterocycles. The molecule has 0 aliphatic carbocycles. The Labute approximate surface area is 287 Å². The fourth-order valence-corrected chi connectivity index (χ4v) is 3.94. The molecule has 276 valence electrons. The first kappa shape index (κ1) is 43.4. The third kappa shape index (κ3) is 17.5. The molecule has 49 heavy (non-hydrogen) atoms. The summed E-state index contributed by atoms with van der Waals surface area (Å²) in [6.07, 6.45) is -7.26. The van der Waals surface area contributed by atoms with Gasteiger partial charge in [0.25, 0.3) is 0 Å². The van der Waals surface area contributed by atoms with Gasteiger partial charge >= 0.3 is 18.0 Å². The van der Waals surface area contributed by atoms with Gasteiger partial charge in [-0.1, -0.05) is 66.8 Å². The molecule has 0 unspecified atom stereocenters. The predicted molar refractivity (Wildman–Crippen MR) is 176 cm³/mol. The molecule has 0 saturated carbocycles. The number of ether oxygens (including phenoxy) is 7. The Kier molecular flexibility index (Phi) is 20.9. The standard InChI is InChI=1S/C29H43NO9.C5H8O5/c1-20(2)13-35-18-25(31)27(38-15-22(5)6)26(37-14-21(3)4)19-36-17-24(28(32)34-7)30-29(33)39-16-23-11-9-8-10-12-23;6-1-2-3(7)4(8)5(9)10-2/h8-12,24-27,31H,1,3,5,13-19H2,2,4,6-7H3,(H,30,33);2-4,6-8H,1H2/t24-,25+,26-,27-;2-,3+,4-/m01/s1. The maximum Gasteiger partial charge on any atom is 0.408 e. The Morgan fingerprint density at radius 1 is 0.918 bits per heavy atom. The van der Waals surface area contributed by atoms with Crippen molar-refractivity contribution in [2.75, 3.05) is 53.4 Å². The van der Waals surface area contributed by atoms with Crippen molar-refractivity contribution in [3.05, 3.63) is 72.4 Å².